The maximum Gasteiger partial charge on any atom is 0.132 e. The summed E-state index contributed by atoms with van der Waals surface area (Å²) in [5, 5.41) is 8.81. The van der Waals surface area contributed by atoms with Crippen LogP contribution in [0.1, 0.15) is 12.8 Å². The van der Waals surface area contributed by atoms with E-state index < -0.39 is 0 Å². The van der Waals surface area contributed by atoms with Crippen LogP contribution in [-0.4, -0.2) is 15.0 Å². The van der Waals surface area contributed by atoms with Crippen LogP contribution < -0.4 is 0 Å². The second-order valence-corrected chi connectivity index (χ2v) is 5.87. The molecule has 0 N–H and O–H groups in total. The van der Waals surface area contributed by atoms with Crippen molar-refractivity contribution in [2.24, 2.45) is 5.92 Å². The molecule has 1 aliphatic carbocycles. The second-order valence-electron chi connectivity index (χ2n) is 5.49. The minimum atomic E-state index is -0.288. The highest BCUT2D eigenvalue weighted by Gasteiger charge is 2.24. The van der Waals surface area contributed by atoms with Crippen LogP contribution in [0.5, 0.6) is 0 Å². The van der Waals surface area contributed by atoms with Gasteiger partial charge in [0.05, 0.1) is 10.5 Å². The Bertz CT molecular complexity index is 824. The van der Waals surface area contributed by atoms with Gasteiger partial charge in [0.2, 0.25) is 0 Å². The van der Waals surface area contributed by atoms with Crippen molar-refractivity contribution in [1.82, 2.24) is 15.0 Å². The van der Waals surface area contributed by atoms with Crippen LogP contribution >= 0.6 is 11.6 Å². The summed E-state index contributed by atoms with van der Waals surface area (Å²) >= 11 is 6.43. The lowest BCUT2D eigenvalue weighted by Crippen LogP contribution is -2.01. The third kappa shape index (κ3) is 2.20. The molecule has 0 aliphatic heterocycles. The average Bonchev–Trinajstić information content (AvgIpc) is 3.20. The van der Waals surface area contributed by atoms with Crippen molar-refractivity contribution in [2.75, 3.05) is 0 Å². The lowest BCUT2D eigenvalue weighted by Gasteiger charge is -2.07. The Morgan fingerprint density at radius 3 is 2.71 bits per heavy atom. The third-order valence-corrected chi connectivity index (χ3v) is 4.30. The molecule has 0 radical (unpaired) electrons. The molecule has 1 aliphatic rings. The normalized spacial score (nSPS) is 14.8. The molecule has 1 saturated carbocycles. The highest BCUT2D eigenvalue weighted by atomic mass is 35.5. The van der Waals surface area contributed by atoms with Crippen molar-refractivity contribution in [2.45, 2.75) is 19.4 Å². The monoisotopic (exact) mass is 301 g/mol. The summed E-state index contributed by atoms with van der Waals surface area (Å²) in [5.74, 6) is 0.420. The van der Waals surface area contributed by atoms with Gasteiger partial charge in [-0.3, -0.25) is 0 Å². The maximum absolute atomic E-state index is 13.9. The van der Waals surface area contributed by atoms with Crippen LogP contribution in [0.2, 0.25) is 5.02 Å². The Morgan fingerprint density at radius 2 is 1.95 bits per heavy atom. The zero-order valence-corrected chi connectivity index (χ0v) is 12.0. The molecule has 0 unspecified atom stereocenters. The number of hydrogen-bond donors (Lipinski definition) is 0. The number of benzene rings is 2. The molecule has 0 saturated heterocycles. The van der Waals surface area contributed by atoms with E-state index in [4.69, 9.17) is 11.6 Å². The fourth-order valence-electron chi connectivity index (χ4n) is 2.57. The van der Waals surface area contributed by atoms with Gasteiger partial charge in [-0.2, -0.15) is 0 Å². The predicted octanol–water partition coefficient (Wildman–Crippen LogP) is 4.30. The lowest BCUT2D eigenvalue weighted by atomic mass is 10.0. The number of halogens is 2. The SMILES string of the molecule is Fc1ccccc1-c1ccc2c(nnn2CC2CC2)c1Cl. The molecular formula is C16H13ClFN3. The van der Waals surface area contributed by atoms with Crippen LogP contribution in [0.15, 0.2) is 36.4 Å². The highest BCUT2D eigenvalue weighted by Crippen LogP contribution is 2.36. The predicted molar refractivity (Wildman–Crippen MR) is 80.7 cm³/mol. The quantitative estimate of drug-likeness (QED) is 0.722. The van der Waals surface area contributed by atoms with E-state index in [1.54, 1.807) is 18.2 Å². The number of aromatic nitrogens is 3. The molecule has 0 atom stereocenters. The molecule has 1 heterocycles. The van der Waals surface area contributed by atoms with Crippen LogP contribution in [-0.2, 0) is 6.54 Å². The van der Waals surface area contributed by atoms with E-state index in [0.29, 0.717) is 27.6 Å². The first-order chi connectivity index (χ1) is 10.2. The van der Waals surface area contributed by atoms with Crippen LogP contribution in [0.25, 0.3) is 22.2 Å². The van der Waals surface area contributed by atoms with Crippen molar-refractivity contribution in [1.29, 1.82) is 0 Å². The summed E-state index contributed by atoms with van der Waals surface area (Å²) in [4.78, 5) is 0. The Balaban J connectivity index is 1.85. The zero-order valence-electron chi connectivity index (χ0n) is 11.3. The summed E-state index contributed by atoms with van der Waals surface area (Å²) in [5.41, 5.74) is 2.69. The molecule has 5 heteroatoms. The van der Waals surface area contributed by atoms with E-state index in [0.717, 1.165) is 12.1 Å². The van der Waals surface area contributed by atoms with Gasteiger partial charge in [-0.1, -0.05) is 41.1 Å². The zero-order chi connectivity index (χ0) is 14.4. The topological polar surface area (TPSA) is 30.7 Å². The number of nitrogens with zero attached hydrogens (tertiary/aromatic N) is 3. The van der Waals surface area contributed by atoms with Gasteiger partial charge >= 0.3 is 0 Å². The molecule has 0 amide bonds. The lowest BCUT2D eigenvalue weighted by molar-refractivity contribution is 0.559. The summed E-state index contributed by atoms with van der Waals surface area (Å²) in [7, 11) is 0. The van der Waals surface area contributed by atoms with Gasteiger partial charge in [-0.05, 0) is 30.9 Å². The average molecular weight is 302 g/mol. The first-order valence-corrected chi connectivity index (χ1v) is 7.38. The van der Waals surface area contributed by atoms with Gasteiger partial charge in [0.25, 0.3) is 0 Å². The molecule has 21 heavy (non-hydrogen) atoms. The van der Waals surface area contributed by atoms with Gasteiger partial charge in [-0.15, -0.1) is 5.10 Å². The highest BCUT2D eigenvalue weighted by molar-refractivity contribution is 6.37. The van der Waals surface area contributed by atoms with Crippen LogP contribution in [0.3, 0.4) is 0 Å². The molecule has 3 aromatic rings. The first kappa shape index (κ1) is 12.8. The smallest absolute Gasteiger partial charge is 0.132 e. The van der Waals surface area contributed by atoms with E-state index in [2.05, 4.69) is 10.3 Å². The van der Waals surface area contributed by atoms with E-state index in [9.17, 15) is 4.39 Å². The first-order valence-electron chi connectivity index (χ1n) is 7.00. The molecule has 2 aromatic carbocycles. The fraction of sp³-hybridized carbons (Fsp3) is 0.250. The standard InChI is InChI=1S/C16H13ClFN3/c17-15-12(11-3-1-2-4-13(11)18)7-8-14-16(15)19-20-21(14)9-10-5-6-10/h1-4,7-8,10H,5-6,9H2. The largest absolute Gasteiger partial charge is 0.244 e. The van der Waals surface area contributed by atoms with Gasteiger partial charge < -0.3 is 0 Å². The van der Waals surface area contributed by atoms with Crippen molar-refractivity contribution in [3.05, 3.63) is 47.2 Å². The summed E-state index contributed by atoms with van der Waals surface area (Å²) in [6.07, 6.45) is 2.50. The van der Waals surface area contributed by atoms with Gasteiger partial charge in [0.15, 0.2) is 0 Å². The van der Waals surface area contributed by atoms with E-state index in [-0.39, 0.29) is 5.82 Å². The van der Waals surface area contributed by atoms with Crippen molar-refractivity contribution < 1.29 is 4.39 Å². The Labute approximate surface area is 126 Å². The number of fused-ring (bicyclic) bond motifs is 1. The molecule has 3 nitrogen and oxygen atoms in total. The second kappa shape index (κ2) is 4.81. The molecule has 1 fully saturated rings. The number of hydrogen-bond acceptors (Lipinski definition) is 2. The van der Waals surface area contributed by atoms with E-state index in [1.807, 2.05) is 16.8 Å². The Morgan fingerprint density at radius 1 is 1.14 bits per heavy atom. The maximum atomic E-state index is 13.9. The Hall–Kier alpha value is -1.94. The molecule has 0 spiro atoms. The van der Waals surface area contributed by atoms with Gasteiger partial charge in [0.1, 0.15) is 11.3 Å². The minimum Gasteiger partial charge on any atom is -0.244 e. The van der Waals surface area contributed by atoms with Gasteiger partial charge in [-0.25, -0.2) is 9.07 Å². The summed E-state index contributed by atoms with van der Waals surface area (Å²) in [6.45, 7) is 0.881. The van der Waals surface area contributed by atoms with Crippen molar-refractivity contribution in [3.63, 3.8) is 0 Å². The van der Waals surface area contributed by atoms with Gasteiger partial charge in [0, 0.05) is 17.7 Å². The minimum absolute atomic E-state index is 0.288. The Kier molecular flexibility index (Phi) is 2.93. The molecule has 4 rings (SSSR count). The van der Waals surface area contributed by atoms with E-state index in [1.165, 1.54) is 18.9 Å². The van der Waals surface area contributed by atoms with Crippen molar-refractivity contribution >= 4 is 22.6 Å². The molecule has 0 bridgehead atoms. The van der Waals surface area contributed by atoms with E-state index >= 15 is 0 Å². The molecule has 1 aromatic heterocycles. The third-order valence-electron chi connectivity index (χ3n) is 3.92. The van der Waals surface area contributed by atoms with Crippen LogP contribution in [0, 0.1) is 11.7 Å². The molecule has 106 valence electrons. The fourth-order valence-corrected chi connectivity index (χ4v) is 2.87. The number of rotatable bonds is 3. The van der Waals surface area contributed by atoms with Crippen LogP contribution in [0.4, 0.5) is 4.39 Å². The molecular weight excluding hydrogens is 289 g/mol. The summed E-state index contributed by atoms with van der Waals surface area (Å²) < 4.78 is 15.8. The summed E-state index contributed by atoms with van der Waals surface area (Å²) in [6, 6.07) is 10.4. The van der Waals surface area contributed by atoms with Crippen molar-refractivity contribution in [3.8, 4) is 11.1 Å².